The van der Waals surface area contributed by atoms with E-state index < -0.39 is 11.9 Å². The number of hydrogen-bond donors (Lipinski definition) is 3. The Kier molecular flexibility index (Phi) is 5.82. The van der Waals surface area contributed by atoms with Crippen LogP contribution in [0.2, 0.25) is 0 Å². The van der Waals surface area contributed by atoms with E-state index in [-0.39, 0.29) is 18.2 Å². The monoisotopic (exact) mass is 357 g/mol. The summed E-state index contributed by atoms with van der Waals surface area (Å²) in [6.45, 7) is 7.23. The SMILES string of the molecule is CCOC(=O)c1c(C)[nH]c(C(=O)Nc2cc(C(=O)NC)ccc2C)c1C. The molecule has 0 bridgehead atoms. The van der Waals surface area contributed by atoms with Crippen LogP contribution in [0.25, 0.3) is 0 Å². The number of aromatic amines is 1. The van der Waals surface area contributed by atoms with Gasteiger partial charge in [0.05, 0.1) is 12.2 Å². The molecule has 0 aliphatic rings. The molecule has 7 nitrogen and oxygen atoms in total. The van der Waals surface area contributed by atoms with Crippen molar-refractivity contribution in [2.45, 2.75) is 27.7 Å². The lowest BCUT2D eigenvalue weighted by atomic mass is 10.1. The third-order valence-electron chi connectivity index (χ3n) is 4.12. The van der Waals surface area contributed by atoms with E-state index in [1.807, 2.05) is 6.92 Å². The van der Waals surface area contributed by atoms with Gasteiger partial charge in [-0.3, -0.25) is 9.59 Å². The molecule has 1 aromatic heterocycles. The number of hydrogen-bond acceptors (Lipinski definition) is 4. The van der Waals surface area contributed by atoms with Gasteiger partial charge in [-0.05, 0) is 51.0 Å². The second kappa shape index (κ2) is 7.86. The van der Waals surface area contributed by atoms with Gasteiger partial charge in [0, 0.05) is 24.0 Å². The zero-order valence-electron chi connectivity index (χ0n) is 15.6. The highest BCUT2D eigenvalue weighted by atomic mass is 16.5. The van der Waals surface area contributed by atoms with Gasteiger partial charge in [0.1, 0.15) is 5.69 Å². The number of H-pyrrole nitrogens is 1. The van der Waals surface area contributed by atoms with Gasteiger partial charge in [0.15, 0.2) is 0 Å². The van der Waals surface area contributed by atoms with E-state index in [0.29, 0.717) is 28.1 Å². The number of amides is 2. The first-order chi connectivity index (χ1) is 12.3. The molecule has 26 heavy (non-hydrogen) atoms. The first-order valence-corrected chi connectivity index (χ1v) is 8.30. The van der Waals surface area contributed by atoms with Crippen molar-refractivity contribution < 1.29 is 19.1 Å². The van der Waals surface area contributed by atoms with Gasteiger partial charge < -0.3 is 20.4 Å². The number of anilines is 1. The Morgan fingerprint density at radius 3 is 2.42 bits per heavy atom. The molecule has 2 aromatic rings. The molecule has 0 saturated heterocycles. The number of carbonyl (C=O) groups excluding carboxylic acids is 3. The van der Waals surface area contributed by atoms with Gasteiger partial charge in [-0.1, -0.05) is 6.07 Å². The van der Waals surface area contributed by atoms with Crippen molar-refractivity contribution in [1.82, 2.24) is 10.3 Å². The van der Waals surface area contributed by atoms with Crippen LogP contribution in [0.15, 0.2) is 18.2 Å². The average molecular weight is 357 g/mol. The fraction of sp³-hybridized carbons (Fsp3) is 0.316. The average Bonchev–Trinajstić information content (AvgIpc) is 2.90. The Morgan fingerprint density at radius 2 is 1.81 bits per heavy atom. The van der Waals surface area contributed by atoms with E-state index in [0.717, 1.165) is 5.56 Å². The standard InChI is InChI=1S/C19H23N3O4/c1-6-26-19(25)15-11(3)16(21-12(15)4)18(24)22-14-9-13(17(23)20-5)8-7-10(14)2/h7-9,21H,6H2,1-5H3,(H,20,23)(H,22,24). The van der Waals surface area contributed by atoms with Gasteiger partial charge in [0.2, 0.25) is 0 Å². The first-order valence-electron chi connectivity index (χ1n) is 8.30. The normalized spacial score (nSPS) is 10.3. The predicted octanol–water partition coefficient (Wildman–Crippen LogP) is 2.73. The molecular formula is C19H23N3O4. The molecule has 0 saturated carbocycles. The van der Waals surface area contributed by atoms with Crippen molar-refractivity contribution in [1.29, 1.82) is 0 Å². The number of ether oxygens (including phenoxy) is 1. The maximum atomic E-state index is 12.7. The number of esters is 1. The highest BCUT2D eigenvalue weighted by molar-refractivity contribution is 6.07. The van der Waals surface area contributed by atoms with Crippen molar-refractivity contribution in [3.63, 3.8) is 0 Å². The minimum atomic E-state index is -0.462. The van der Waals surface area contributed by atoms with E-state index in [4.69, 9.17) is 4.74 Å². The minimum Gasteiger partial charge on any atom is -0.462 e. The Labute approximate surface area is 152 Å². The summed E-state index contributed by atoms with van der Waals surface area (Å²) >= 11 is 0. The lowest BCUT2D eigenvalue weighted by molar-refractivity contribution is 0.0524. The van der Waals surface area contributed by atoms with Gasteiger partial charge in [-0.25, -0.2) is 4.79 Å². The van der Waals surface area contributed by atoms with Crippen molar-refractivity contribution in [3.05, 3.63) is 51.8 Å². The fourth-order valence-corrected chi connectivity index (χ4v) is 2.71. The Hall–Kier alpha value is -3.09. The summed E-state index contributed by atoms with van der Waals surface area (Å²) in [5.74, 6) is -1.09. The molecule has 0 aliphatic heterocycles. The number of rotatable bonds is 5. The Bertz CT molecular complexity index is 868. The van der Waals surface area contributed by atoms with Crippen LogP contribution in [0.3, 0.4) is 0 Å². The number of aryl methyl sites for hydroxylation is 2. The second-order valence-corrected chi connectivity index (χ2v) is 5.91. The van der Waals surface area contributed by atoms with Crippen molar-refractivity contribution in [2.75, 3.05) is 19.0 Å². The van der Waals surface area contributed by atoms with Crippen molar-refractivity contribution in [2.24, 2.45) is 0 Å². The zero-order chi connectivity index (χ0) is 19.4. The first kappa shape index (κ1) is 19.2. The molecule has 0 fully saturated rings. The van der Waals surface area contributed by atoms with Crippen LogP contribution in [-0.2, 0) is 4.74 Å². The maximum Gasteiger partial charge on any atom is 0.340 e. The van der Waals surface area contributed by atoms with Gasteiger partial charge in [0.25, 0.3) is 11.8 Å². The maximum absolute atomic E-state index is 12.7. The zero-order valence-corrected chi connectivity index (χ0v) is 15.6. The predicted molar refractivity (Wildman–Crippen MR) is 98.7 cm³/mol. The lowest BCUT2D eigenvalue weighted by Crippen LogP contribution is -2.19. The fourth-order valence-electron chi connectivity index (χ4n) is 2.71. The van der Waals surface area contributed by atoms with Crippen LogP contribution in [0.1, 0.15) is 54.9 Å². The minimum absolute atomic E-state index is 0.239. The summed E-state index contributed by atoms with van der Waals surface area (Å²) < 4.78 is 5.04. The largest absolute Gasteiger partial charge is 0.462 e. The van der Waals surface area contributed by atoms with Crippen molar-refractivity contribution >= 4 is 23.5 Å². The molecule has 1 aromatic carbocycles. The number of carbonyl (C=O) groups is 3. The van der Waals surface area contributed by atoms with E-state index in [1.54, 1.807) is 46.0 Å². The van der Waals surface area contributed by atoms with Crippen LogP contribution in [0.5, 0.6) is 0 Å². The Morgan fingerprint density at radius 1 is 1.12 bits per heavy atom. The molecule has 0 unspecified atom stereocenters. The molecule has 0 aliphatic carbocycles. The lowest BCUT2D eigenvalue weighted by Gasteiger charge is -2.10. The van der Waals surface area contributed by atoms with Crippen LogP contribution in [0, 0.1) is 20.8 Å². The van der Waals surface area contributed by atoms with E-state index in [2.05, 4.69) is 15.6 Å². The van der Waals surface area contributed by atoms with Gasteiger partial charge >= 0.3 is 5.97 Å². The molecule has 0 atom stereocenters. The topological polar surface area (TPSA) is 100 Å². The summed E-state index contributed by atoms with van der Waals surface area (Å²) in [5, 5.41) is 5.34. The summed E-state index contributed by atoms with van der Waals surface area (Å²) in [4.78, 5) is 39.5. The number of benzene rings is 1. The third-order valence-corrected chi connectivity index (χ3v) is 4.12. The van der Waals surface area contributed by atoms with Crippen LogP contribution in [0.4, 0.5) is 5.69 Å². The van der Waals surface area contributed by atoms with E-state index in [1.165, 1.54) is 0 Å². The molecule has 138 valence electrons. The third kappa shape index (κ3) is 3.77. The molecule has 1 heterocycles. The molecule has 3 N–H and O–H groups in total. The highest BCUT2D eigenvalue weighted by Gasteiger charge is 2.23. The quantitative estimate of drug-likeness (QED) is 0.716. The smallest absolute Gasteiger partial charge is 0.340 e. The molecular weight excluding hydrogens is 334 g/mol. The number of aromatic nitrogens is 1. The summed E-state index contributed by atoms with van der Waals surface area (Å²) in [6, 6.07) is 5.06. The van der Waals surface area contributed by atoms with E-state index >= 15 is 0 Å². The number of nitrogens with one attached hydrogen (secondary N) is 3. The highest BCUT2D eigenvalue weighted by Crippen LogP contribution is 2.22. The molecule has 2 amide bonds. The molecule has 0 radical (unpaired) electrons. The van der Waals surface area contributed by atoms with Crippen LogP contribution >= 0.6 is 0 Å². The second-order valence-electron chi connectivity index (χ2n) is 5.91. The van der Waals surface area contributed by atoms with Crippen molar-refractivity contribution in [3.8, 4) is 0 Å². The molecule has 2 rings (SSSR count). The van der Waals surface area contributed by atoms with E-state index in [9.17, 15) is 14.4 Å². The summed E-state index contributed by atoms with van der Waals surface area (Å²) in [6.07, 6.45) is 0. The van der Waals surface area contributed by atoms with Gasteiger partial charge in [-0.15, -0.1) is 0 Å². The van der Waals surface area contributed by atoms with Crippen LogP contribution in [-0.4, -0.2) is 36.4 Å². The summed E-state index contributed by atoms with van der Waals surface area (Å²) in [7, 11) is 1.54. The van der Waals surface area contributed by atoms with Gasteiger partial charge in [-0.2, -0.15) is 0 Å². The molecule has 0 spiro atoms. The summed E-state index contributed by atoms with van der Waals surface area (Å²) in [5.41, 5.74) is 3.54. The Balaban J connectivity index is 2.33. The molecule has 7 heteroatoms. The van der Waals surface area contributed by atoms with Crippen LogP contribution < -0.4 is 10.6 Å².